The minimum Gasteiger partial charge on any atom is -0.493 e. The lowest BCUT2D eigenvalue weighted by atomic mass is 10.1. The van der Waals surface area contributed by atoms with Crippen molar-refractivity contribution in [3.8, 4) is 17.2 Å². The maximum absolute atomic E-state index is 5.68. The van der Waals surface area contributed by atoms with Gasteiger partial charge in [-0.05, 0) is 24.6 Å². The van der Waals surface area contributed by atoms with Crippen molar-refractivity contribution in [1.29, 1.82) is 0 Å². The molecule has 0 saturated carbocycles. The molecular weight excluding hydrogens is 296 g/mol. The Hall–Kier alpha value is -1.50. The minimum absolute atomic E-state index is 0.410. The Morgan fingerprint density at radius 2 is 1.96 bits per heavy atom. The van der Waals surface area contributed by atoms with Gasteiger partial charge in [-0.15, -0.1) is 0 Å². The normalized spacial score (nSPS) is 19.4. The van der Waals surface area contributed by atoms with E-state index in [2.05, 4.69) is 17.1 Å². The highest BCUT2D eigenvalue weighted by Gasteiger charge is 2.19. The van der Waals surface area contributed by atoms with Crippen LogP contribution in [0.1, 0.15) is 12.5 Å². The van der Waals surface area contributed by atoms with Crippen LogP contribution in [0.4, 0.5) is 0 Å². The van der Waals surface area contributed by atoms with Gasteiger partial charge in [0.2, 0.25) is 5.75 Å². The third-order valence-corrected chi connectivity index (χ3v) is 4.18. The van der Waals surface area contributed by atoms with Gasteiger partial charge in [0.25, 0.3) is 0 Å². The molecule has 6 heteroatoms. The molecule has 2 heterocycles. The first-order chi connectivity index (χ1) is 11.3. The standard InChI is InChI=1S/C17H26N2O4/c1-13(12-19-3-5-21-6-4-19)18-11-14-9-15(20-2)17-16(10-14)22-7-8-23-17/h9-10,13,18H,3-8,11-12H2,1-2H3. The molecule has 2 aliphatic rings. The number of methoxy groups -OCH3 is 1. The van der Waals surface area contributed by atoms with Crippen LogP contribution in [0.5, 0.6) is 17.2 Å². The molecule has 0 aromatic heterocycles. The van der Waals surface area contributed by atoms with Gasteiger partial charge in [0.1, 0.15) is 13.2 Å². The van der Waals surface area contributed by atoms with Crippen molar-refractivity contribution < 1.29 is 18.9 Å². The minimum atomic E-state index is 0.410. The van der Waals surface area contributed by atoms with Crippen molar-refractivity contribution in [2.75, 3.05) is 53.2 Å². The van der Waals surface area contributed by atoms with E-state index in [-0.39, 0.29) is 0 Å². The fourth-order valence-corrected chi connectivity index (χ4v) is 2.96. The number of hydrogen-bond acceptors (Lipinski definition) is 6. The number of nitrogens with zero attached hydrogens (tertiary/aromatic N) is 1. The number of hydrogen-bond donors (Lipinski definition) is 1. The lowest BCUT2D eigenvalue weighted by molar-refractivity contribution is 0.0343. The van der Waals surface area contributed by atoms with Crippen LogP contribution < -0.4 is 19.5 Å². The number of benzene rings is 1. The number of ether oxygens (including phenoxy) is 4. The lowest BCUT2D eigenvalue weighted by Gasteiger charge is -2.29. The van der Waals surface area contributed by atoms with Crippen molar-refractivity contribution >= 4 is 0 Å². The summed E-state index contributed by atoms with van der Waals surface area (Å²) in [5.74, 6) is 2.22. The zero-order chi connectivity index (χ0) is 16.1. The average molecular weight is 322 g/mol. The summed E-state index contributed by atoms with van der Waals surface area (Å²) < 4.78 is 22.1. The van der Waals surface area contributed by atoms with Crippen molar-refractivity contribution in [3.05, 3.63) is 17.7 Å². The number of rotatable bonds is 6. The Morgan fingerprint density at radius 1 is 1.17 bits per heavy atom. The van der Waals surface area contributed by atoms with Crippen LogP contribution in [0.25, 0.3) is 0 Å². The monoisotopic (exact) mass is 322 g/mol. The summed E-state index contributed by atoms with van der Waals surface area (Å²) in [4.78, 5) is 2.44. The molecule has 0 aliphatic carbocycles. The van der Waals surface area contributed by atoms with Crippen LogP contribution in [0.2, 0.25) is 0 Å². The van der Waals surface area contributed by atoms with Crippen molar-refractivity contribution in [2.45, 2.75) is 19.5 Å². The Balaban J connectivity index is 1.57. The van der Waals surface area contributed by atoms with Gasteiger partial charge in [0.05, 0.1) is 20.3 Å². The van der Waals surface area contributed by atoms with Gasteiger partial charge in [0, 0.05) is 32.2 Å². The second-order valence-corrected chi connectivity index (χ2v) is 6.02. The van der Waals surface area contributed by atoms with Crippen LogP contribution >= 0.6 is 0 Å². The number of nitrogens with one attached hydrogen (secondary N) is 1. The van der Waals surface area contributed by atoms with Gasteiger partial charge in [-0.2, -0.15) is 0 Å². The number of morpholine rings is 1. The molecule has 1 unspecified atom stereocenters. The van der Waals surface area contributed by atoms with Crippen molar-refractivity contribution in [3.63, 3.8) is 0 Å². The zero-order valence-electron chi connectivity index (χ0n) is 14.0. The van der Waals surface area contributed by atoms with Crippen LogP contribution in [0.3, 0.4) is 0 Å². The number of fused-ring (bicyclic) bond motifs is 1. The van der Waals surface area contributed by atoms with Gasteiger partial charge in [0.15, 0.2) is 11.5 Å². The summed E-state index contributed by atoms with van der Waals surface area (Å²) in [6.07, 6.45) is 0. The van der Waals surface area contributed by atoms with E-state index in [1.807, 2.05) is 12.1 Å². The molecule has 0 amide bonds. The van der Waals surface area contributed by atoms with E-state index in [4.69, 9.17) is 18.9 Å². The lowest BCUT2D eigenvalue weighted by Crippen LogP contribution is -2.44. The molecule has 0 bridgehead atoms. The molecular formula is C17H26N2O4. The van der Waals surface area contributed by atoms with E-state index in [9.17, 15) is 0 Å². The molecule has 1 atom stereocenters. The summed E-state index contributed by atoms with van der Waals surface area (Å²) in [5.41, 5.74) is 1.14. The first-order valence-corrected chi connectivity index (χ1v) is 8.26. The first kappa shape index (κ1) is 16.4. The van der Waals surface area contributed by atoms with Crippen LogP contribution in [-0.2, 0) is 11.3 Å². The predicted molar refractivity (Wildman–Crippen MR) is 87.5 cm³/mol. The third kappa shape index (κ3) is 4.28. The Morgan fingerprint density at radius 3 is 2.74 bits per heavy atom. The van der Waals surface area contributed by atoms with Crippen LogP contribution in [-0.4, -0.2) is 64.1 Å². The maximum Gasteiger partial charge on any atom is 0.203 e. The smallest absolute Gasteiger partial charge is 0.203 e. The summed E-state index contributed by atoms with van der Waals surface area (Å²) in [6, 6.07) is 4.46. The molecule has 2 aliphatic heterocycles. The topological polar surface area (TPSA) is 52.2 Å². The maximum atomic E-state index is 5.68. The molecule has 23 heavy (non-hydrogen) atoms. The fraction of sp³-hybridized carbons (Fsp3) is 0.647. The third-order valence-electron chi connectivity index (χ3n) is 4.18. The van der Waals surface area contributed by atoms with Gasteiger partial charge in [-0.3, -0.25) is 4.90 Å². The Labute approximate surface area is 137 Å². The van der Waals surface area contributed by atoms with Crippen molar-refractivity contribution in [1.82, 2.24) is 10.2 Å². The van der Waals surface area contributed by atoms with Crippen LogP contribution in [0, 0.1) is 0 Å². The van der Waals surface area contributed by atoms with E-state index >= 15 is 0 Å². The highest BCUT2D eigenvalue weighted by atomic mass is 16.6. The van der Waals surface area contributed by atoms with E-state index in [1.54, 1.807) is 7.11 Å². The summed E-state index contributed by atoms with van der Waals surface area (Å²) in [7, 11) is 1.66. The molecule has 3 rings (SSSR count). The molecule has 128 valence electrons. The average Bonchev–Trinajstić information content (AvgIpc) is 2.60. The SMILES string of the molecule is COc1cc(CNC(C)CN2CCOCC2)cc2c1OCCO2. The zero-order valence-corrected chi connectivity index (χ0v) is 14.0. The highest BCUT2D eigenvalue weighted by Crippen LogP contribution is 2.40. The summed E-state index contributed by atoms with van der Waals surface area (Å²) >= 11 is 0. The Kier molecular flexibility index (Phi) is 5.59. The largest absolute Gasteiger partial charge is 0.493 e. The molecule has 1 aromatic carbocycles. The molecule has 1 saturated heterocycles. The van der Waals surface area contributed by atoms with E-state index < -0.39 is 0 Å². The van der Waals surface area contributed by atoms with Crippen LogP contribution in [0.15, 0.2) is 12.1 Å². The molecule has 1 N–H and O–H groups in total. The molecule has 6 nitrogen and oxygen atoms in total. The second kappa shape index (κ2) is 7.86. The summed E-state index contributed by atoms with van der Waals surface area (Å²) in [6.45, 7) is 8.89. The van der Waals surface area contributed by atoms with Gasteiger partial charge < -0.3 is 24.3 Å². The van der Waals surface area contributed by atoms with Crippen molar-refractivity contribution in [2.24, 2.45) is 0 Å². The summed E-state index contributed by atoms with van der Waals surface area (Å²) in [5, 5.41) is 3.57. The van der Waals surface area contributed by atoms with E-state index in [1.165, 1.54) is 0 Å². The Bertz CT molecular complexity index is 500. The second-order valence-electron chi connectivity index (χ2n) is 6.02. The van der Waals surface area contributed by atoms with Gasteiger partial charge in [-0.1, -0.05) is 0 Å². The fourth-order valence-electron chi connectivity index (χ4n) is 2.96. The van der Waals surface area contributed by atoms with Gasteiger partial charge >= 0.3 is 0 Å². The molecule has 1 aromatic rings. The quantitative estimate of drug-likeness (QED) is 0.851. The predicted octanol–water partition coefficient (Wildman–Crippen LogP) is 1.28. The molecule has 0 radical (unpaired) electrons. The first-order valence-electron chi connectivity index (χ1n) is 8.26. The van der Waals surface area contributed by atoms with E-state index in [0.717, 1.165) is 56.5 Å². The highest BCUT2D eigenvalue weighted by molar-refractivity contribution is 5.54. The molecule has 1 fully saturated rings. The van der Waals surface area contributed by atoms with E-state index in [0.29, 0.717) is 25.0 Å². The molecule has 0 spiro atoms. The van der Waals surface area contributed by atoms with Gasteiger partial charge in [-0.25, -0.2) is 0 Å².